The molecule has 0 aliphatic rings. The van der Waals surface area contributed by atoms with Gasteiger partial charge < -0.3 is 19.3 Å². The van der Waals surface area contributed by atoms with Crippen molar-refractivity contribution in [2.24, 2.45) is 0 Å². The third kappa shape index (κ3) is 6.56. The maximum absolute atomic E-state index is 12.2. The van der Waals surface area contributed by atoms with E-state index >= 15 is 0 Å². The SMILES string of the molecule is CC(=O)OC(C(=O)OCc1ccccc1)C(O)C(=O)OCc1ccccc1. The number of benzene rings is 2. The highest BCUT2D eigenvalue weighted by Crippen LogP contribution is 2.10. The van der Waals surface area contributed by atoms with Crippen LogP contribution in [-0.4, -0.2) is 35.2 Å². The van der Waals surface area contributed by atoms with E-state index in [0.717, 1.165) is 6.92 Å². The molecule has 0 heterocycles. The molecule has 0 aliphatic carbocycles. The zero-order chi connectivity index (χ0) is 19.6. The first-order valence-electron chi connectivity index (χ1n) is 8.24. The van der Waals surface area contributed by atoms with E-state index in [1.807, 2.05) is 0 Å². The van der Waals surface area contributed by atoms with Crippen molar-refractivity contribution in [2.75, 3.05) is 0 Å². The summed E-state index contributed by atoms with van der Waals surface area (Å²) in [6.45, 7) is 0.866. The van der Waals surface area contributed by atoms with Crippen LogP contribution in [0.4, 0.5) is 0 Å². The molecule has 0 fully saturated rings. The highest BCUT2D eigenvalue weighted by Gasteiger charge is 2.37. The van der Waals surface area contributed by atoms with E-state index < -0.39 is 30.1 Å². The number of rotatable bonds is 8. The number of aliphatic hydroxyl groups excluding tert-OH is 1. The Morgan fingerprint density at radius 2 is 1.26 bits per heavy atom. The molecule has 2 aromatic carbocycles. The summed E-state index contributed by atoms with van der Waals surface area (Å²) in [5.74, 6) is -2.98. The summed E-state index contributed by atoms with van der Waals surface area (Å²) < 4.78 is 14.8. The Hall–Kier alpha value is -3.19. The maximum Gasteiger partial charge on any atom is 0.351 e. The summed E-state index contributed by atoms with van der Waals surface area (Å²) in [7, 11) is 0. The van der Waals surface area contributed by atoms with E-state index in [0.29, 0.717) is 11.1 Å². The zero-order valence-corrected chi connectivity index (χ0v) is 14.7. The Morgan fingerprint density at radius 3 is 1.70 bits per heavy atom. The lowest BCUT2D eigenvalue weighted by Gasteiger charge is -2.20. The average Bonchev–Trinajstić information content (AvgIpc) is 2.69. The van der Waals surface area contributed by atoms with Gasteiger partial charge >= 0.3 is 17.9 Å². The summed E-state index contributed by atoms with van der Waals surface area (Å²) in [5.41, 5.74) is 1.40. The summed E-state index contributed by atoms with van der Waals surface area (Å²) >= 11 is 0. The van der Waals surface area contributed by atoms with Crippen molar-refractivity contribution in [1.82, 2.24) is 0 Å². The summed E-state index contributed by atoms with van der Waals surface area (Å²) in [5, 5.41) is 10.1. The second-order valence-electron chi connectivity index (χ2n) is 5.66. The van der Waals surface area contributed by atoms with Crippen molar-refractivity contribution in [3.8, 4) is 0 Å². The predicted molar refractivity (Wildman–Crippen MR) is 94.0 cm³/mol. The van der Waals surface area contributed by atoms with E-state index in [4.69, 9.17) is 14.2 Å². The van der Waals surface area contributed by atoms with Crippen molar-refractivity contribution >= 4 is 17.9 Å². The van der Waals surface area contributed by atoms with Crippen LogP contribution in [0.2, 0.25) is 0 Å². The molecule has 2 atom stereocenters. The van der Waals surface area contributed by atoms with E-state index in [9.17, 15) is 19.5 Å². The van der Waals surface area contributed by atoms with Gasteiger partial charge in [0, 0.05) is 6.92 Å². The fourth-order valence-corrected chi connectivity index (χ4v) is 2.17. The topological polar surface area (TPSA) is 99.1 Å². The summed E-state index contributed by atoms with van der Waals surface area (Å²) in [6.07, 6.45) is -3.81. The minimum atomic E-state index is -2.00. The lowest BCUT2D eigenvalue weighted by atomic mass is 10.2. The molecule has 1 N–H and O–H groups in total. The molecule has 2 unspecified atom stereocenters. The zero-order valence-electron chi connectivity index (χ0n) is 14.7. The third-order valence-corrected chi connectivity index (χ3v) is 3.50. The van der Waals surface area contributed by atoms with Crippen molar-refractivity contribution < 1.29 is 33.7 Å². The molecule has 0 spiro atoms. The van der Waals surface area contributed by atoms with E-state index in [-0.39, 0.29) is 13.2 Å². The number of hydrogen-bond donors (Lipinski definition) is 1. The number of ether oxygens (including phenoxy) is 3. The fraction of sp³-hybridized carbons (Fsp3) is 0.250. The number of aliphatic hydroxyl groups is 1. The molecule has 2 rings (SSSR count). The number of esters is 3. The van der Waals surface area contributed by atoms with Crippen LogP contribution in [0.25, 0.3) is 0 Å². The van der Waals surface area contributed by atoms with E-state index in [1.165, 1.54) is 0 Å². The van der Waals surface area contributed by atoms with Gasteiger partial charge in [0.1, 0.15) is 13.2 Å². The molecule has 0 aliphatic heterocycles. The molecule has 0 saturated heterocycles. The number of hydrogen-bond acceptors (Lipinski definition) is 7. The minimum Gasteiger partial charge on any atom is -0.459 e. The summed E-state index contributed by atoms with van der Waals surface area (Å²) in [6, 6.07) is 17.6. The number of carbonyl (C=O) groups is 3. The quantitative estimate of drug-likeness (QED) is 0.557. The molecule has 0 saturated carbocycles. The van der Waals surface area contributed by atoms with Crippen LogP contribution in [-0.2, 0) is 41.8 Å². The third-order valence-electron chi connectivity index (χ3n) is 3.50. The van der Waals surface area contributed by atoms with Crippen molar-refractivity contribution in [1.29, 1.82) is 0 Å². The second kappa shape index (κ2) is 10.1. The molecule has 0 amide bonds. The van der Waals surface area contributed by atoms with E-state index in [1.54, 1.807) is 60.7 Å². The Morgan fingerprint density at radius 1 is 0.815 bits per heavy atom. The fourth-order valence-electron chi connectivity index (χ4n) is 2.17. The Labute approximate surface area is 156 Å². The monoisotopic (exact) mass is 372 g/mol. The van der Waals surface area contributed by atoms with Gasteiger partial charge in [0.25, 0.3) is 0 Å². The lowest BCUT2D eigenvalue weighted by molar-refractivity contribution is -0.184. The molecular formula is C20H20O7. The Balaban J connectivity index is 1.96. The predicted octanol–water partition coefficient (Wildman–Crippen LogP) is 1.77. The van der Waals surface area contributed by atoms with Gasteiger partial charge in [0.05, 0.1) is 0 Å². The van der Waals surface area contributed by atoms with Gasteiger partial charge in [-0.15, -0.1) is 0 Å². The van der Waals surface area contributed by atoms with Crippen LogP contribution in [0.5, 0.6) is 0 Å². The highest BCUT2D eigenvalue weighted by atomic mass is 16.6. The van der Waals surface area contributed by atoms with Gasteiger partial charge in [-0.3, -0.25) is 4.79 Å². The smallest absolute Gasteiger partial charge is 0.351 e. The van der Waals surface area contributed by atoms with Crippen LogP contribution in [0.15, 0.2) is 60.7 Å². The lowest BCUT2D eigenvalue weighted by Crippen LogP contribution is -2.44. The molecule has 27 heavy (non-hydrogen) atoms. The molecule has 0 bridgehead atoms. The van der Waals surface area contributed by atoms with Crippen LogP contribution in [0.1, 0.15) is 18.1 Å². The summed E-state index contributed by atoms with van der Waals surface area (Å²) in [4.78, 5) is 35.5. The van der Waals surface area contributed by atoms with Crippen molar-refractivity contribution in [2.45, 2.75) is 32.3 Å². The molecule has 142 valence electrons. The largest absolute Gasteiger partial charge is 0.459 e. The van der Waals surface area contributed by atoms with Crippen molar-refractivity contribution in [3.05, 3.63) is 71.8 Å². The van der Waals surface area contributed by atoms with Crippen LogP contribution in [0.3, 0.4) is 0 Å². The standard InChI is InChI=1S/C20H20O7/c1-14(21)27-18(20(24)26-13-16-10-6-3-7-11-16)17(22)19(23)25-12-15-8-4-2-5-9-15/h2-11,17-18,22H,12-13H2,1H3. The molecule has 0 aromatic heterocycles. The first-order valence-corrected chi connectivity index (χ1v) is 8.24. The first kappa shape index (κ1) is 20.1. The van der Waals surface area contributed by atoms with Gasteiger partial charge in [0.15, 0.2) is 6.10 Å². The maximum atomic E-state index is 12.2. The van der Waals surface area contributed by atoms with Crippen LogP contribution < -0.4 is 0 Å². The average molecular weight is 372 g/mol. The molecular weight excluding hydrogens is 352 g/mol. The molecule has 0 radical (unpaired) electrons. The van der Waals surface area contributed by atoms with Crippen LogP contribution in [0, 0.1) is 0 Å². The number of carbonyl (C=O) groups excluding carboxylic acids is 3. The van der Waals surface area contributed by atoms with Gasteiger partial charge in [-0.1, -0.05) is 60.7 Å². The highest BCUT2D eigenvalue weighted by molar-refractivity contribution is 5.87. The second-order valence-corrected chi connectivity index (χ2v) is 5.66. The van der Waals surface area contributed by atoms with Crippen molar-refractivity contribution in [3.63, 3.8) is 0 Å². The van der Waals surface area contributed by atoms with Gasteiger partial charge in [-0.25, -0.2) is 9.59 Å². The minimum absolute atomic E-state index is 0.0940. The van der Waals surface area contributed by atoms with Gasteiger partial charge in [0.2, 0.25) is 6.10 Å². The Kier molecular flexibility index (Phi) is 7.51. The van der Waals surface area contributed by atoms with Crippen LogP contribution >= 0.6 is 0 Å². The first-order chi connectivity index (χ1) is 13.0. The normalized spacial score (nSPS) is 12.5. The Bertz CT molecular complexity index is 758. The molecule has 7 heteroatoms. The molecule has 7 nitrogen and oxygen atoms in total. The van der Waals surface area contributed by atoms with Gasteiger partial charge in [-0.05, 0) is 11.1 Å². The molecule has 2 aromatic rings. The van der Waals surface area contributed by atoms with E-state index in [2.05, 4.69) is 0 Å². The van der Waals surface area contributed by atoms with Gasteiger partial charge in [-0.2, -0.15) is 0 Å².